The van der Waals surface area contributed by atoms with Gasteiger partial charge in [-0.15, -0.1) is 0 Å². The number of nitrogens with one attached hydrogen (secondary N) is 2. The summed E-state index contributed by atoms with van der Waals surface area (Å²) >= 11 is 0. The molecule has 1 aromatic heterocycles. The highest BCUT2D eigenvalue weighted by Crippen LogP contribution is 2.27. The Kier molecular flexibility index (Phi) is 4.86. The van der Waals surface area contributed by atoms with Crippen LogP contribution in [0.1, 0.15) is 5.76 Å². The summed E-state index contributed by atoms with van der Waals surface area (Å²) in [6.07, 6.45) is 1.62. The summed E-state index contributed by atoms with van der Waals surface area (Å²) < 4.78 is 5.22. The summed E-state index contributed by atoms with van der Waals surface area (Å²) in [6, 6.07) is 21.5. The average molecular weight is 306 g/mol. The molecule has 1 amide bonds. The fraction of sp³-hybridized carbons (Fsp3) is 0.105. The molecule has 0 unspecified atom stereocenters. The number of amides is 1. The van der Waals surface area contributed by atoms with Crippen molar-refractivity contribution < 1.29 is 9.21 Å². The van der Waals surface area contributed by atoms with Crippen molar-refractivity contribution in [2.45, 2.75) is 6.54 Å². The minimum absolute atomic E-state index is 0.0834. The normalized spacial score (nSPS) is 10.4. The molecule has 0 spiro atoms. The van der Waals surface area contributed by atoms with E-state index >= 15 is 0 Å². The third-order valence-corrected chi connectivity index (χ3v) is 3.45. The van der Waals surface area contributed by atoms with Gasteiger partial charge in [-0.2, -0.15) is 0 Å². The summed E-state index contributed by atoms with van der Waals surface area (Å²) in [5.74, 6) is 0.724. The molecule has 116 valence electrons. The first kappa shape index (κ1) is 15.1. The van der Waals surface area contributed by atoms with Crippen LogP contribution in [0.5, 0.6) is 0 Å². The SMILES string of the molecule is O=C(CNCc1ccco1)Nc1ccccc1-c1ccccc1. The molecule has 0 aliphatic heterocycles. The van der Waals surface area contributed by atoms with Crippen molar-refractivity contribution in [3.63, 3.8) is 0 Å². The van der Waals surface area contributed by atoms with Crippen LogP contribution in [-0.4, -0.2) is 12.5 Å². The highest BCUT2D eigenvalue weighted by molar-refractivity contribution is 5.96. The number of benzene rings is 2. The smallest absolute Gasteiger partial charge is 0.238 e. The minimum atomic E-state index is -0.0834. The lowest BCUT2D eigenvalue weighted by atomic mass is 10.0. The number of hydrogen-bond donors (Lipinski definition) is 2. The molecule has 0 atom stereocenters. The summed E-state index contributed by atoms with van der Waals surface area (Å²) in [5.41, 5.74) is 2.89. The van der Waals surface area contributed by atoms with E-state index in [1.165, 1.54) is 0 Å². The number of carbonyl (C=O) groups excluding carboxylic acids is 1. The van der Waals surface area contributed by atoms with E-state index in [1.807, 2.05) is 66.7 Å². The largest absolute Gasteiger partial charge is 0.468 e. The molecule has 0 saturated carbocycles. The molecule has 1 heterocycles. The van der Waals surface area contributed by atoms with Gasteiger partial charge in [-0.25, -0.2) is 0 Å². The zero-order chi connectivity index (χ0) is 15.9. The van der Waals surface area contributed by atoms with Gasteiger partial charge in [-0.05, 0) is 23.8 Å². The van der Waals surface area contributed by atoms with Gasteiger partial charge in [-0.3, -0.25) is 4.79 Å². The molecule has 0 aliphatic carbocycles. The Labute approximate surface area is 135 Å². The lowest BCUT2D eigenvalue weighted by Gasteiger charge is -2.11. The summed E-state index contributed by atoms with van der Waals surface area (Å²) in [4.78, 5) is 12.1. The first-order chi connectivity index (χ1) is 11.3. The molecule has 0 saturated heterocycles. The highest BCUT2D eigenvalue weighted by atomic mass is 16.3. The van der Waals surface area contributed by atoms with Crippen molar-refractivity contribution in [3.8, 4) is 11.1 Å². The Morgan fingerprint density at radius 1 is 0.913 bits per heavy atom. The Morgan fingerprint density at radius 3 is 2.48 bits per heavy atom. The summed E-state index contributed by atoms with van der Waals surface area (Å²) in [7, 11) is 0. The van der Waals surface area contributed by atoms with Crippen LogP contribution >= 0.6 is 0 Å². The first-order valence-corrected chi connectivity index (χ1v) is 7.50. The minimum Gasteiger partial charge on any atom is -0.468 e. The van der Waals surface area contributed by atoms with E-state index in [0.717, 1.165) is 22.6 Å². The van der Waals surface area contributed by atoms with E-state index in [4.69, 9.17) is 4.42 Å². The third-order valence-electron chi connectivity index (χ3n) is 3.45. The molecule has 0 fully saturated rings. The first-order valence-electron chi connectivity index (χ1n) is 7.50. The molecule has 23 heavy (non-hydrogen) atoms. The van der Waals surface area contributed by atoms with Crippen molar-refractivity contribution >= 4 is 11.6 Å². The van der Waals surface area contributed by atoms with Gasteiger partial charge in [0.15, 0.2) is 0 Å². The van der Waals surface area contributed by atoms with E-state index in [1.54, 1.807) is 6.26 Å². The Balaban J connectivity index is 1.62. The van der Waals surface area contributed by atoms with Crippen LogP contribution in [0.2, 0.25) is 0 Å². The number of hydrogen-bond acceptors (Lipinski definition) is 3. The second-order valence-electron chi connectivity index (χ2n) is 5.14. The van der Waals surface area contributed by atoms with Gasteiger partial charge in [0.2, 0.25) is 5.91 Å². The zero-order valence-electron chi connectivity index (χ0n) is 12.7. The van der Waals surface area contributed by atoms with Crippen LogP contribution in [-0.2, 0) is 11.3 Å². The molecule has 3 rings (SSSR count). The molecule has 2 aromatic carbocycles. The predicted molar refractivity (Wildman–Crippen MR) is 90.9 cm³/mol. The van der Waals surface area contributed by atoms with Gasteiger partial charge >= 0.3 is 0 Å². The maximum Gasteiger partial charge on any atom is 0.238 e. The summed E-state index contributed by atoms with van der Waals surface area (Å²) in [5, 5.41) is 6.02. The maximum atomic E-state index is 12.1. The zero-order valence-corrected chi connectivity index (χ0v) is 12.7. The number of furan rings is 1. The predicted octanol–water partition coefficient (Wildman–Crippen LogP) is 3.67. The lowest BCUT2D eigenvalue weighted by molar-refractivity contribution is -0.115. The van der Waals surface area contributed by atoms with Gasteiger partial charge in [0.05, 0.1) is 19.4 Å². The molecule has 4 nitrogen and oxygen atoms in total. The second kappa shape index (κ2) is 7.42. The third kappa shape index (κ3) is 4.08. The summed E-state index contributed by atoms with van der Waals surface area (Å²) in [6.45, 7) is 0.755. The lowest BCUT2D eigenvalue weighted by Crippen LogP contribution is -2.27. The standard InChI is InChI=1S/C19H18N2O2/c22-19(14-20-13-16-9-6-12-23-16)21-18-11-5-4-10-17(18)15-7-2-1-3-8-15/h1-12,20H,13-14H2,(H,21,22). The quantitative estimate of drug-likeness (QED) is 0.730. The maximum absolute atomic E-state index is 12.1. The highest BCUT2D eigenvalue weighted by Gasteiger charge is 2.08. The fourth-order valence-electron chi connectivity index (χ4n) is 2.37. The number of para-hydroxylation sites is 1. The van der Waals surface area contributed by atoms with Crippen LogP contribution < -0.4 is 10.6 Å². The molecule has 2 N–H and O–H groups in total. The number of carbonyl (C=O) groups is 1. The number of rotatable bonds is 6. The van der Waals surface area contributed by atoms with Crippen LogP contribution in [0.4, 0.5) is 5.69 Å². The fourth-order valence-corrected chi connectivity index (χ4v) is 2.37. The molecular weight excluding hydrogens is 288 g/mol. The van der Waals surface area contributed by atoms with Crippen LogP contribution in [0.15, 0.2) is 77.4 Å². The number of anilines is 1. The molecule has 0 bridgehead atoms. The van der Waals surface area contributed by atoms with Gasteiger partial charge in [0, 0.05) is 11.3 Å². The molecule has 3 aromatic rings. The van der Waals surface area contributed by atoms with Gasteiger partial charge in [0.25, 0.3) is 0 Å². The molecular formula is C19H18N2O2. The van der Waals surface area contributed by atoms with Crippen molar-refractivity contribution in [2.75, 3.05) is 11.9 Å². The average Bonchev–Trinajstić information content (AvgIpc) is 3.09. The van der Waals surface area contributed by atoms with E-state index < -0.39 is 0 Å². The molecule has 4 heteroatoms. The molecule has 0 radical (unpaired) electrons. The van der Waals surface area contributed by atoms with Gasteiger partial charge in [0.1, 0.15) is 5.76 Å². The Hall–Kier alpha value is -2.85. The Morgan fingerprint density at radius 2 is 1.70 bits per heavy atom. The van der Waals surface area contributed by atoms with Crippen LogP contribution in [0.25, 0.3) is 11.1 Å². The topological polar surface area (TPSA) is 54.3 Å². The Bertz CT molecular complexity index is 752. The van der Waals surface area contributed by atoms with Crippen molar-refractivity contribution in [2.24, 2.45) is 0 Å². The van der Waals surface area contributed by atoms with Crippen molar-refractivity contribution in [1.29, 1.82) is 0 Å². The van der Waals surface area contributed by atoms with Crippen LogP contribution in [0, 0.1) is 0 Å². The molecule has 0 aliphatic rings. The van der Waals surface area contributed by atoms with Gasteiger partial charge < -0.3 is 15.1 Å². The van der Waals surface area contributed by atoms with Crippen LogP contribution in [0.3, 0.4) is 0 Å². The van der Waals surface area contributed by atoms with Crippen molar-refractivity contribution in [3.05, 3.63) is 78.8 Å². The monoisotopic (exact) mass is 306 g/mol. The second-order valence-corrected chi connectivity index (χ2v) is 5.14. The van der Waals surface area contributed by atoms with E-state index in [0.29, 0.717) is 6.54 Å². The van der Waals surface area contributed by atoms with E-state index in [9.17, 15) is 4.79 Å². The van der Waals surface area contributed by atoms with Gasteiger partial charge in [-0.1, -0.05) is 48.5 Å². The van der Waals surface area contributed by atoms with Crippen molar-refractivity contribution in [1.82, 2.24) is 5.32 Å². The van der Waals surface area contributed by atoms with E-state index in [2.05, 4.69) is 10.6 Å². The van der Waals surface area contributed by atoms with E-state index in [-0.39, 0.29) is 12.5 Å².